The van der Waals surface area contributed by atoms with Crippen molar-refractivity contribution in [2.24, 2.45) is 0 Å². The zero-order chi connectivity index (χ0) is 14.8. The van der Waals surface area contributed by atoms with Crippen molar-refractivity contribution in [3.05, 3.63) is 60.3 Å². The Morgan fingerprint density at radius 1 is 1.14 bits per heavy atom. The highest BCUT2D eigenvalue weighted by Gasteiger charge is 2.05. The lowest BCUT2D eigenvalue weighted by molar-refractivity contribution is 0.685. The van der Waals surface area contributed by atoms with Crippen molar-refractivity contribution in [3.8, 4) is 0 Å². The molecule has 3 heterocycles. The van der Waals surface area contributed by atoms with Crippen LogP contribution in [-0.4, -0.2) is 24.7 Å². The molecule has 0 aliphatic rings. The normalized spacial score (nSPS) is 10.9. The van der Waals surface area contributed by atoms with Crippen LogP contribution >= 0.6 is 11.3 Å². The third-order valence-corrected chi connectivity index (χ3v) is 4.15. The molecular weight excluding hydrogens is 296 g/mol. The largest absolute Gasteiger partial charge is 0.339 e. The summed E-state index contributed by atoms with van der Waals surface area (Å²) in [5, 5.41) is 9.51. The fourth-order valence-corrected chi connectivity index (χ4v) is 3.05. The molecule has 0 aliphatic carbocycles. The Kier molecular flexibility index (Phi) is 3.24. The third kappa shape index (κ3) is 2.53. The van der Waals surface area contributed by atoms with Crippen molar-refractivity contribution < 1.29 is 0 Å². The van der Waals surface area contributed by atoms with Gasteiger partial charge in [0.1, 0.15) is 19.0 Å². The van der Waals surface area contributed by atoms with Gasteiger partial charge < -0.3 is 5.32 Å². The zero-order valence-electron chi connectivity index (χ0n) is 11.5. The number of anilines is 2. The molecule has 0 spiro atoms. The van der Waals surface area contributed by atoms with Gasteiger partial charge in [0, 0.05) is 5.69 Å². The number of rotatable bonds is 4. The first-order valence-electron chi connectivity index (χ1n) is 6.75. The Hall–Kier alpha value is -2.80. The highest BCUT2D eigenvalue weighted by atomic mass is 32.1. The summed E-state index contributed by atoms with van der Waals surface area (Å²) in [6, 6.07) is 10.2. The molecule has 1 N–H and O–H groups in total. The molecule has 3 aromatic heterocycles. The van der Waals surface area contributed by atoms with Crippen molar-refractivity contribution in [2.45, 2.75) is 6.54 Å². The summed E-state index contributed by atoms with van der Waals surface area (Å²) < 4.78 is 2.85. The number of benzene rings is 1. The first-order valence-corrected chi connectivity index (χ1v) is 7.63. The molecule has 1 aromatic carbocycles. The smallest absolute Gasteiger partial charge is 0.151 e. The zero-order valence-corrected chi connectivity index (χ0v) is 12.4. The quantitative estimate of drug-likeness (QED) is 0.627. The molecule has 108 valence electrons. The maximum Gasteiger partial charge on any atom is 0.151 e. The molecule has 0 aliphatic heterocycles. The third-order valence-electron chi connectivity index (χ3n) is 3.24. The van der Waals surface area contributed by atoms with E-state index in [4.69, 9.17) is 0 Å². The van der Waals surface area contributed by atoms with Gasteiger partial charge in [0.05, 0.1) is 16.8 Å². The van der Waals surface area contributed by atoms with Crippen LogP contribution in [0.4, 0.5) is 11.5 Å². The highest BCUT2D eigenvalue weighted by molar-refractivity contribution is 7.17. The van der Waals surface area contributed by atoms with Crippen LogP contribution in [-0.2, 0) is 6.54 Å². The van der Waals surface area contributed by atoms with Crippen molar-refractivity contribution in [1.29, 1.82) is 0 Å². The van der Waals surface area contributed by atoms with Crippen LogP contribution in [0.3, 0.4) is 0 Å². The fraction of sp³-hybridized carbons (Fsp3) is 0.0667. The lowest BCUT2D eigenvalue weighted by Crippen LogP contribution is -2.01. The summed E-state index contributed by atoms with van der Waals surface area (Å²) in [4.78, 5) is 12.5. The minimum absolute atomic E-state index is 0.688. The van der Waals surface area contributed by atoms with Gasteiger partial charge in [-0.1, -0.05) is 12.1 Å². The summed E-state index contributed by atoms with van der Waals surface area (Å²) >= 11 is 1.63. The Labute approximate surface area is 130 Å². The standard InChI is InChI=1S/C15H12N6S/c1-2-11(7-21-10-16-8-19-21)6-12(3-1)20-15-14-13(4-5-22-14)17-9-18-15/h1-6,8-10H,7H2,(H,17,18,20). The number of nitrogens with zero attached hydrogens (tertiary/aromatic N) is 5. The summed E-state index contributed by atoms with van der Waals surface area (Å²) in [6.07, 6.45) is 4.83. The highest BCUT2D eigenvalue weighted by Crippen LogP contribution is 2.27. The molecule has 0 saturated heterocycles. The number of hydrogen-bond acceptors (Lipinski definition) is 6. The second kappa shape index (κ2) is 5.53. The van der Waals surface area contributed by atoms with Gasteiger partial charge in [-0.25, -0.2) is 19.6 Å². The molecule has 22 heavy (non-hydrogen) atoms. The van der Waals surface area contributed by atoms with E-state index >= 15 is 0 Å². The van der Waals surface area contributed by atoms with Gasteiger partial charge in [0.15, 0.2) is 5.82 Å². The molecule has 7 heteroatoms. The van der Waals surface area contributed by atoms with E-state index in [1.165, 1.54) is 6.33 Å². The molecule has 4 aromatic rings. The Morgan fingerprint density at radius 2 is 2.14 bits per heavy atom. The van der Waals surface area contributed by atoms with Crippen LogP contribution in [0.15, 0.2) is 54.7 Å². The Bertz CT molecular complexity index is 899. The van der Waals surface area contributed by atoms with E-state index in [1.807, 2.05) is 23.6 Å². The SMILES string of the molecule is c1cc(Cn2cncn2)cc(Nc2ncnc3ccsc23)c1. The van der Waals surface area contributed by atoms with Gasteiger partial charge in [0.25, 0.3) is 0 Å². The van der Waals surface area contributed by atoms with E-state index in [9.17, 15) is 0 Å². The summed E-state index contributed by atoms with van der Waals surface area (Å²) in [7, 11) is 0. The van der Waals surface area contributed by atoms with E-state index in [-0.39, 0.29) is 0 Å². The van der Waals surface area contributed by atoms with Gasteiger partial charge in [-0.05, 0) is 29.1 Å². The van der Waals surface area contributed by atoms with E-state index in [1.54, 1.807) is 28.7 Å². The molecule has 0 atom stereocenters. The fourth-order valence-electron chi connectivity index (χ4n) is 2.26. The molecule has 0 radical (unpaired) electrons. The second-order valence-electron chi connectivity index (χ2n) is 4.78. The predicted molar refractivity (Wildman–Crippen MR) is 86.3 cm³/mol. The number of aromatic nitrogens is 5. The Balaban J connectivity index is 1.62. The van der Waals surface area contributed by atoms with Gasteiger partial charge in [-0.15, -0.1) is 11.3 Å². The maximum atomic E-state index is 4.34. The summed E-state index contributed by atoms with van der Waals surface area (Å²) in [5.41, 5.74) is 3.10. The van der Waals surface area contributed by atoms with E-state index in [0.717, 1.165) is 27.3 Å². The minimum atomic E-state index is 0.688. The first kappa shape index (κ1) is 12.9. The van der Waals surface area contributed by atoms with Crippen molar-refractivity contribution in [1.82, 2.24) is 24.7 Å². The molecule has 4 rings (SSSR count). The molecule has 0 amide bonds. The van der Waals surface area contributed by atoms with Gasteiger partial charge in [0.2, 0.25) is 0 Å². The van der Waals surface area contributed by atoms with Crippen molar-refractivity contribution in [2.75, 3.05) is 5.32 Å². The lowest BCUT2D eigenvalue weighted by atomic mass is 10.2. The summed E-state index contributed by atoms with van der Waals surface area (Å²) in [6.45, 7) is 0.688. The minimum Gasteiger partial charge on any atom is -0.339 e. The monoisotopic (exact) mass is 308 g/mol. The molecule has 6 nitrogen and oxygen atoms in total. The molecule has 0 fully saturated rings. The van der Waals surface area contributed by atoms with Gasteiger partial charge >= 0.3 is 0 Å². The van der Waals surface area contributed by atoms with Crippen LogP contribution in [0.1, 0.15) is 5.56 Å². The topological polar surface area (TPSA) is 68.5 Å². The van der Waals surface area contributed by atoms with Crippen LogP contribution in [0.25, 0.3) is 10.2 Å². The molecular formula is C15H12N6S. The molecule has 0 unspecified atom stereocenters. The Morgan fingerprint density at radius 3 is 3.05 bits per heavy atom. The maximum absolute atomic E-state index is 4.34. The van der Waals surface area contributed by atoms with E-state index < -0.39 is 0 Å². The van der Waals surface area contributed by atoms with Crippen LogP contribution in [0, 0.1) is 0 Å². The van der Waals surface area contributed by atoms with Crippen molar-refractivity contribution >= 4 is 33.1 Å². The van der Waals surface area contributed by atoms with Crippen LogP contribution in [0.2, 0.25) is 0 Å². The van der Waals surface area contributed by atoms with E-state index in [2.05, 4.69) is 37.5 Å². The van der Waals surface area contributed by atoms with Crippen LogP contribution in [0.5, 0.6) is 0 Å². The predicted octanol–water partition coefficient (Wildman–Crippen LogP) is 3.07. The summed E-state index contributed by atoms with van der Waals surface area (Å²) in [5.74, 6) is 0.831. The number of fused-ring (bicyclic) bond motifs is 1. The lowest BCUT2D eigenvalue weighted by Gasteiger charge is -2.08. The number of nitrogens with one attached hydrogen (secondary N) is 1. The first-order chi connectivity index (χ1) is 10.9. The van der Waals surface area contributed by atoms with Gasteiger partial charge in [-0.3, -0.25) is 0 Å². The van der Waals surface area contributed by atoms with Crippen molar-refractivity contribution in [3.63, 3.8) is 0 Å². The van der Waals surface area contributed by atoms with E-state index in [0.29, 0.717) is 6.54 Å². The number of thiophene rings is 1. The average Bonchev–Trinajstić information content (AvgIpc) is 3.19. The second-order valence-corrected chi connectivity index (χ2v) is 5.69. The molecule has 0 saturated carbocycles. The average molecular weight is 308 g/mol. The number of hydrogen-bond donors (Lipinski definition) is 1. The van der Waals surface area contributed by atoms with Gasteiger partial charge in [-0.2, -0.15) is 5.10 Å². The molecule has 0 bridgehead atoms. The van der Waals surface area contributed by atoms with Crippen LogP contribution < -0.4 is 5.32 Å².